The zero-order valence-corrected chi connectivity index (χ0v) is 12.4. The van der Waals surface area contributed by atoms with Gasteiger partial charge >= 0.3 is 0 Å². The smallest absolute Gasteiger partial charge is 0.199 e. The molecule has 3 rings (SSSR count). The van der Waals surface area contributed by atoms with Gasteiger partial charge in [-0.05, 0) is 43.2 Å². The SMILES string of the molecule is O=S(=O)(/C=C1\CC=C[C@H]2CCCC[C@H]12)c1ccccc1. The molecule has 1 saturated carbocycles. The van der Waals surface area contributed by atoms with Crippen molar-refractivity contribution in [2.24, 2.45) is 11.8 Å². The van der Waals surface area contributed by atoms with Gasteiger partial charge in [-0.3, -0.25) is 0 Å². The van der Waals surface area contributed by atoms with Crippen LogP contribution in [-0.4, -0.2) is 8.42 Å². The normalized spacial score (nSPS) is 28.3. The number of benzene rings is 1. The van der Waals surface area contributed by atoms with Gasteiger partial charge in [0, 0.05) is 5.41 Å². The van der Waals surface area contributed by atoms with Gasteiger partial charge in [-0.1, -0.05) is 48.8 Å². The lowest BCUT2D eigenvalue weighted by atomic mass is 9.72. The van der Waals surface area contributed by atoms with Crippen LogP contribution in [0.1, 0.15) is 32.1 Å². The van der Waals surface area contributed by atoms with Gasteiger partial charge in [0.2, 0.25) is 0 Å². The minimum absolute atomic E-state index is 0.398. The first-order valence-electron chi connectivity index (χ1n) is 7.34. The van der Waals surface area contributed by atoms with Crippen molar-refractivity contribution in [1.29, 1.82) is 0 Å². The summed E-state index contributed by atoms with van der Waals surface area (Å²) in [6.45, 7) is 0. The highest BCUT2D eigenvalue weighted by atomic mass is 32.2. The zero-order valence-electron chi connectivity index (χ0n) is 11.5. The number of rotatable bonds is 2. The lowest BCUT2D eigenvalue weighted by molar-refractivity contribution is 0.313. The second-order valence-corrected chi connectivity index (χ2v) is 7.54. The van der Waals surface area contributed by atoms with Crippen LogP contribution >= 0.6 is 0 Å². The maximum absolute atomic E-state index is 12.5. The zero-order chi connectivity index (χ0) is 14.0. The second-order valence-electron chi connectivity index (χ2n) is 5.74. The first-order chi connectivity index (χ1) is 9.67. The Hall–Kier alpha value is -1.35. The predicted octanol–water partition coefficient (Wildman–Crippen LogP) is 4.11. The van der Waals surface area contributed by atoms with E-state index in [1.165, 1.54) is 24.7 Å². The van der Waals surface area contributed by atoms with Crippen LogP contribution < -0.4 is 0 Å². The highest BCUT2D eigenvalue weighted by Crippen LogP contribution is 2.40. The monoisotopic (exact) mass is 288 g/mol. The average molecular weight is 288 g/mol. The van der Waals surface area contributed by atoms with Crippen molar-refractivity contribution in [3.8, 4) is 0 Å². The summed E-state index contributed by atoms with van der Waals surface area (Å²) in [5, 5.41) is 1.54. The van der Waals surface area contributed by atoms with Crippen molar-refractivity contribution in [3.63, 3.8) is 0 Å². The number of hydrogen-bond acceptors (Lipinski definition) is 2. The molecular weight excluding hydrogens is 268 g/mol. The Morgan fingerprint density at radius 3 is 2.60 bits per heavy atom. The van der Waals surface area contributed by atoms with Gasteiger partial charge in [-0.15, -0.1) is 0 Å². The molecule has 2 nitrogen and oxygen atoms in total. The molecule has 0 radical (unpaired) electrons. The molecule has 20 heavy (non-hydrogen) atoms. The lowest BCUT2D eigenvalue weighted by Gasteiger charge is -2.34. The Bertz CT molecular complexity index is 626. The molecule has 106 valence electrons. The molecule has 0 amide bonds. The molecule has 0 aromatic heterocycles. The summed E-state index contributed by atoms with van der Waals surface area (Å²) in [7, 11) is -3.31. The Labute approximate surface area is 121 Å². The van der Waals surface area contributed by atoms with Gasteiger partial charge in [0.1, 0.15) is 0 Å². The van der Waals surface area contributed by atoms with Crippen LogP contribution in [0.4, 0.5) is 0 Å². The molecule has 2 atom stereocenters. The molecule has 0 bridgehead atoms. The van der Waals surface area contributed by atoms with Crippen LogP contribution in [0.2, 0.25) is 0 Å². The lowest BCUT2D eigenvalue weighted by Crippen LogP contribution is -2.22. The summed E-state index contributed by atoms with van der Waals surface area (Å²) >= 11 is 0. The maximum Gasteiger partial charge on any atom is 0.199 e. The predicted molar refractivity (Wildman–Crippen MR) is 80.9 cm³/mol. The van der Waals surface area contributed by atoms with Gasteiger partial charge in [-0.2, -0.15) is 0 Å². The number of sulfone groups is 1. The fraction of sp³-hybridized carbons (Fsp3) is 0.412. The largest absolute Gasteiger partial charge is 0.219 e. The summed E-state index contributed by atoms with van der Waals surface area (Å²) in [5.74, 6) is 0.988. The number of hydrogen-bond donors (Lipinski definition) is 0. The summed E-state index contributed by atoms with van der Waals surface area (Å²) in [4.78, 5) is 0.398. The minimum Gasteiger partial charge on any atom is -0.219 e. The summed E-state index contributed by atoms with van der Waals surface area (Å²) < 4.78 is 24.9. The summed E-state index contributed by atoms with van der Waals surface area (Å²) in [6, 6.07) is 8.73. The van der Waals surface area contributed by atoms with E-state index in [4.69, 9.17) is 0 Å². The summed E-state index contributed by atoms with van der Waals surface area (Å²) in [5.41, 5.74) is 1.10. The third-order valence-corrected chi connectivity index (χ3v) is 5.95. The molecule has 1 aromatic carbocycles. The van der Waals surface area contributed by atoms with E-state index in [9.17, 15) is 8.42 Å². The van der Waals surface area contributed by atoms with Gasteiger partial charge < -0.3 is 0 Å². The average Bonchev–Trinajstić information content (AvgIpc) is 2.48. The van der Waals surface area contributed by atoms with Crippen LogP contribution in [0.3, 0.4) is 0 Å². The molecule has 0 aliphatic heterocycles. The van der Waals surface area contributed by atoms with E-state index in [-0.39, 0.29) is 0 Å². The molecule has 3 heteroatoms. The molecular formula is C17H20O2S. The fourth-order valence-electron chi connectivity index (χ4n) is 3.39. The fourth-order valence-corrected chi connectivity index (χ4v) is 4.74. The second kappa shape index (κ2) is 5.57. The number of allylic oxidation sites excluding steroid dienone is 3. The third kappa shape index (κ3) is 2.73. The Balaban J connectivity index is 1.93. The van der Waals surface area contributed by atoms with E-state index >= 15 is 0 Å². The Kier molecular flexibility index (Phi) is 3.79. The molecule has 1 fully saturated rings. The number of fused-ring (bicyclic) bond motifs is 1. The van der Waals surface area contributed by atoms with Crippen molar-refractivity contribution in [1.82, 2.24) is 0 Å². The summed E-state index contributed by atoms with van der Waals surface area (Å²) in [6.07, 6.45) is 10.0. The van der Waals surface area contributed by atoms with Crippen molar-refractivity contribution < 1.29 is 8.42 Å². The maximum atomic E-state index is 12.5. The van der Waals surface area contributed by atoms with Crippen LogP contribution in [0.15, 0.2) is 58.4 Å². The highest BCUT2D eigenvalue weighted by Gasteiger charge is 2.29. The Morgan fingerprint density at radius 1 is 1.05 bits per heavy atom. The van der Waals surface area contributed by atoms with E-state index < -0.39 is 9.84 Å². The molecule has 1 aromatic rings. The first-order valence-corrected chi connectivity index (χ1v) is 8.89. The molecule has 2 aliphatic carbocycles. The van der Waals surface area contributed by atoms with Crippen molar-refractivity contribution >= 4 is 9.84 Å². The molecule has 0 unspecified atom stereocenters. The van der Waals surface area contributed by atoms with Crippen molar-refractivity contribution in [2.75, 3.05) is 0 Å². The Morgan fingerprint density at radius 2 is 1.80 bits per heavy atom. The van der Waals surface area contributed by atoms with E-state index in [0.29, 0.717) is 16.7 Å². The topological polar surface area (TPSA) is 34.1 Å². The molecule has 0 spiro atoms. The van der Waals surface area contributed by atoms with E-state index in [2.05, 4.69) is 12.2 Å². The molecule has 0 heterocycles. The standard InChI is InChI=1S/C17H20O2S/c18-20(19,16-10-2-1-3-11-16)13-15-9-6-8-14-7-4-5-12-17(14)15/h1-3,6,8,10-11,13-14,17H,4-5,7,9,12H2/b15-13+/t14-,17+/m1/s1. The third-order valence-electron chi connectivity index (χ3n) is 4.41. The van der Waals surface area contributed by atoms with E-state index in [1.807, 2.05) is 6.07 Å². The van der Waals surface area contributed by atoms with Crippen LogP contribution in [0.5, 0.6) is 0 Å². The van der Waals surface area contributed by atoms with Crippen LogP contribution in [-0.2, 0) is 9.84 Å². The first kappa shape index (κ1) is 13.6. The quantitative estimate of drug-likeness (QED) is 0.767. The van der Waals surface area contributed by atoms with E-state index in [0.717, 1.165) is 18.4 Å². The van der Waals surface area contributed by atoms with Gasteiger partial charge in [0.25, 0.3) is 0 Å². The molecule has 2 aliphatic rings. The van der Waals surface area contributed by atoms with Gasteiger partial charge in [-0.25, -0.2) is 8.42 Å². The van der Waals surface area contributed by atoms with Gasteiger partial charge in [0.05, 0.1) is 4.90 Å². The van der Waals surface area contributed by atoms with E-state index in [1.54, 1.807) is 24.3 Å². The van der Waals surface area contributed by atoms with Crippen LogP contribution in [0, 0.1) is 11.8 Å². The molecule has 0 saturated heterocycles. The minimum atomic E-state index is -3.31. The van der Waals surface area contributed by atoms with Crippen LogP contribution in [0.25, 0.3) is 0 Å². The highest BCUT2D eigenvalue weighted by molar-refractivity contribution is 7.94. The van der Waals surface area contributed by atoms with Crippen molar-refractivity contribution in [3.05, 3.63) is 53.5 Å². The molecule has 0 N–H and O–H groups in total. The van der Waals surface area contributed by atoms with Crippen molar-refractivity contribution in [2.45, 2.75) is 37.0 Å². The van der Waals surface area contributed by atoms with Gasteiger partial charge in [0.15, 0.2) is 9.84 Å².